The second kappa shape index (κ2) is 72.4. The molecule has 0 spiro atoms. The summed E-state index contributed by atoms with van der Waals surface area (Å²) >= 11 is 0. The minimum Gasteiger partial charge on any atom is -0.462 e. The van der Waals surface area contributed by atoms with Gasteiger partial charge in [0.05, 0.1) is 26.4 Å². The van der Waals surface area contributed by atoms with E-state index < -0.39 is 97.5 Å². The highest BCUT2D eigenvalue weighted by atomic mass is 31.2. The highest BCUT2D eigenvalue weighted by Crippen LogP contribution is 2.45. The van der Waals surface area contributed by atoms with Crippen molar-refractivity contribution >= 4 is 39.5 Å². The van der Waals surface area contributed by atoms with Crippen molar-refractivity contribution in [1.82, 2.24) is 0 Å². The maximum Gasteiger partial charge on any atom is 0.472 e. The third-order valence-electron chi connectivity index (χ3n) is 17.3. The molecular formula is C79H146O17P2. The number of unbranched alkanes of at least 4 members (excludes halogenated alkanes) is 42. The highest BCUT2D eigenvalue weighted by molar-refractivity contribution is 7.47. The molecule has 0 aliphatic rings. The van der Waals surface area contributed by atoms with Crippen LogP contribution in [0, 0.1) is 0 Å². The normalized spacial score (nSPS) is 14.2. The van der Waals surface area contributed by atoms with E-state index in [-0.39, 0.29) is 25.7 Å². The van der Waals surface area contributed by atoms with Gasteiger partial charge in [-0.15, -0.1) is 0 Å². The number of rotatable bonds is 76. The molecule has 17 nitrogen and oxygen atoms in total. The van der Waals surface area contributed by atoms with Gasteiger partial charge >= 0.3 is 39.5 Å². The Labute approximate surface area is 597 Å². The third kappa shape index (κ3) is 71.4. The maximum absolute atomic E-state index is 13.1. The summed E-state index contributed by atoms with van der Waals surface area (Å²) in [7, 11) is -9.95. The van der Waals surface area contributed by atoms with Gasteiger partial charge in [-0.05, 0) is 64.2 Å². The molecule has 0 amide bonds. The fourth-order valence-electron chi connectivity index (χ4n) is 11.2. The van der Waals surface area contributed by atoms with Gasteiger partial charge in [-0.1, -0.05) is 333 Å². The van der Waals surface area contributed by atoms with Crippen molar-refractivity contribution in [2.24, 2.45) is 0 Å². The van der Waals surface area contributed by atoms with Crippen LogP contribution < -0.4 is 0 Å². The van der Waals surface area contributed by atoms with Crippen molar-refractivity contribution in [3.8, 4) is 0 Å². The first-order valence-corrected chi connectivity index (χ1v) is 42.9. The monoisotopic (exact) mass is 1430 g/mol. The predicted octanol–water partition coefficient (Wildman–Crippen LogP) is 22.9. The summed E-state index contributed by atoms with van der Waals surface area (Å²) in [6, 6.07) is 0. The predicted molar refractivity (Wildman–Crippen MR) is 400 cm³/mol. The SMILES string of the molecule is CCCCC/C=C\C/C=C\C/C=C\C/C=C\CCCC(=O)O[C@H](COC(=O)CCCCCCCCCCCCCCCCC)COP(=O)(O)OC[C@H](O)COP(=O)(O)OC[C@@H](COC(=O)CCCCCCCCCCCCCCC)OC(=O)CCCCCCCCCCCCCCC. The Balaban J connectivity index is 5.35. The van der Waals surface area contributed by atoms with E-state index in [9.17, 15) is 43.2 Å². The highest BCUT2D eigenvalue weighted by Gasteiger charge is 2.30. The minimum atomic E-state index is -4.98. The molecule has 0 saturated heterocycles. The van der Waals surface area contributed by atoms with Crippen LogP contribution in [-0.4, -0.2) is 96.7 Å². The number of allylic oxidation sites excluding steroid dienone is 8. The number of phosphoric acid groups is 2. The molecule has 0 radical (unpaired) electrons. The van der Waals surface area contributed by atoms with Crippen LogP contribution in [0.2, 0.25) is 0 Å². The van der Waals surface area contributed by atoms with Gasteiger partial charge in [-0.2, -0.15) is 0 Å². The molecule has 2 unspecified atom stereocenters. The largest absolute Gasteiger partial charge is 0.472 e. The first-order valence-electron chi connectivity index (χ1n) is 39.9. The Bertz CT molecular complexity index is 2050. The van der Waals surface area contributed by atoms with Crippen molar-refractivity contribution < 1.29 is 80.2 Å². The van der Waals surface area contributed by atoms with Gasteiger partial charge in [0.15, 0.2) is 12.2 Å². The zero-order valence-electron chi connectivity index (χ0n) is 62.7. The molecular weight excluding hydrogens is 1280 g/mol. The van der Waals surface area contributed by atoms with E-state index in [0.717, 1.165) is 89.9 Å². The van der Waals surface area contributed by atoms with Gasteiger partial charge in [0.1, 0.15) is 19.3 Å². The van der Waals surface area contributed by atoms with Crippen LogP contribution in [0.15, 0.2) is 48.6 Å². The summed E-state index contributed by atoms with van der Waals surface area (Å²) in [5.74, 6) is -2.20. The van der Waals surface area contributed by atoms with Gasteiger partial charge in [0.25, 0.3) is 0 Å². The Kier molecular flexibility index (Phi) is 70.2. The standard InChI is InChI=1S/C79H146O17P2/c1-5-9-13-17-21-25-29-33-35-36-38-42-46-50-54-58-62-66-79(84)96-75(70-90-77(82)64-60-56-52-48-44-41-37-34-30-26-22-18-14-10-6-2)72-94-98(87,88)92-68-73(80)67-91-97(85,86)93-71-74(95-78(83)65-61-57-53-49-45-40-32-28-24-20-16-12-8-4)69-89-76(81)63-59-55-51-47-43-39-31-27-23-19-15-11-7-3/h21,25,33,35,38,42,50,54,73-75,80H,5-20,22-24,26-32,34,36-37,39-41,43-49,51-53,55-72H2,1-4H3,(H,85,86)(H,87,88)/b25-21-,35-33-,42-38-,54-50-/t73-,74-,75-/m1/s1. The molecule has 0 aliphatic carbocycles. The van der Waals surface area contributed by atoms with Crippen molar-refractivity contribution in [3.05, 3.63) is 48.6 Å². The number of aliphatic hydroxyl groups excluding tert-OH is 1. The fourth-order valence-corrected chi connectivity index (χ4v) is 12.8. The van der Waals surface area contributed by atoms with E-state index in [1.54, 1.807) is 0 Å². The number of phosphoric ester groups is 2. The lowest BCUT2D eigenvalue weighted by molar-refractivity contribution is -0.161. The molecule has 0 fully saturated rings. The molecule has 0 aliphatic heterocycles. The minimum absolute atomic E-state index is 0.0257. The maximum atomic E-state index is 13.1. The lowest BCUT2D eigenvalue weighted by atomic mass is 10.0. The number of carbonyl (C=O) groups excluding carboxylic acids is 4. The zero-order valence-corrected chi connectivity index (χ0v) is 64.5. The summed E-state index contributed by atoms with van der Waals surface area (Å²) in [5, 5.41) is 10.6. The van der Waals surface area contributed by atoms with Crippen LogP contribution in [0.3, 0.4) is 0 Å². The first kappa shape index (κ1) is 95.0. The van der Waals surface area contributed by atoms with Crippen molar-refractivity contribution in [1.29, 1.82) is 0 Å². The van der Waals surface area contributed by atoms with Gasteiger partial charge in [0.2, 0.25) is 0 Å². The molecule has 0 rings (SSSR count). The summed E-state index contributed by atoms with van der Waals surface area (Å²) in [6.45, 7) is 4.87. The summed E-state index contributed by atoms with van der Waals surface area (Å²) in [4.78, 5) is 72.9. The fraction of sp³-hybridized carbons (Fsp3) is 0.848. The summed E-state index contributed by atoms with van der Waals surface area (Å²) in [5.41, 5.74) is 0. The first-order chi connectivity index (χ1) is 47.7. The Morgan fingerprint density at radius 2 is 0.510 bits per heavy atom. The Hall–Kier alpha value is -2.98. The molecule has 0 aromatic rings. The third-order valence-corrected chi connectivity index (χ3v) is 19.2. The van der Waals surface area contributed by atoms with Crippen LogP contribution in [0.4, 0.5) is 0 Å². The van der Waals surface area contributed by atoms with Crippen LogP contribution >= 0.6 is 15.6 Å². The zero-order chi connectivity index (χ0) is 71.8. The smallest absolute Gasteiger partial charge is 0.462 e. The second-order valence-electron chi connectivity index (χ2n) is 27.0. The number of esters is 4. The number of hydrogen-bond donors (Lipinski definition) is 3. The average Bonchev–Trinajstić information content (AvgIpc) is 1.02. The van der Waals surface area contributed by atoms with E-state index in [0.29, 0.717) is 32.1 Å². The van der Waals surface area contributed by atoms with E-state index in [1.165, 1.54) is 199 Å². The van der Waals surface area contributed by atoms with Crippen LogP contribution in [0.5, 0.6) is 0 Å². The van der Waals surface area contributed by atoms with Crippen LogP contribution in [-0.2, 0) is 65.4 Å². The molecule has 19 heteroatoms. The van der Waals surface area contributed by atoms with Crippen LogP contribution in [0.1, 0.15) is 374 Å². The molecule has 0 aromatic carbocycles. The van der Waals surface area contributed by atoms with E-state index >= 15 is 0 Å². The van der Waals surface area contributed by atoms with Gasteiger partial charge in [-0.25, -0.2) is 9.13 Å². The number of aliphatic hydroxyl groups is 1. The van der Waals surface area contributed by atoms with E-state index in [4.69, 9.17) is 37.0 Å². The molecule has 0 heterocycles. The number of ether oxygens (including phenoxy) is 4. The van der Waals surface area contributed by atoms with Gasteiger partial charge in [-0.3, -0.25) is 37.3 Å². The second-order valence-corrected chi connectivity index (χ2v) is 29.9. The quantitative estimate of drug-likeness (QED) is 0.0169. The molecule has 0 bridgehead atoms. The Morgan fingerprint density at radius 3 is 0.806 bits per heavy atom. The van der Waals surface area contributed by atoms with Gasteiger partial charge in [0, 0.05) is 25.7 Å². The molecule has 574 valence electrons. The van der Waals surface area contributed by atoms with E-state index in [2.05, 4.69) is 64.2 Å². The van der Waals surface area contributed by atoms with Crippen LogP contribution in [0.25, 0.3) is 0 Å². The topological polar surface area (TPSA) is 237 Å². The lowest BCUT2D eigenvalue weighted by Crippen LogP contribution is -2.30. The summed E-state index contributed by atoms with van der Waals surface area (Å²) in [6.07, 6.45) is 69.5. The van der Waals surface area contributed by atoms with Crippen molar-refractivity contribution in [2.45, 2.75) is 393 Å². The molecule has 0 saturated carbocycles. The summed E-state index contributed by atoms with van der Waals surface area (Å²) < 4.78 is 68.5. The van der Waals surface area contributed by atoms with Crippen molar-refractivity contribution in [2.75, 3.05) is 39.6 Å². The molecule has 98 heavy (non-hydrogen) atoms. The number of carbonyl (C=O) groups is 4. The van der Waals surface area contributed by atoms with Gasteiger partial charge < -0.3 is 33.8 Å². The van der Waals surface area contributed by atoms with E-state index in [1.807, 2.05) is 12.2 Å². The molecule has 3 N–H and O–H groups in total. The van der Waals surface area contributed by atoms with Crippen molar-refractivity contribution in [3.63, 3.8) is 0 Å². The molecule has 0 aromatic heterocycles. The Morgan fingerprint density at radius 1 is 0.286 bits per heavy atom. The molecule has 5 atom stereocenters. The average molecular weight is 1430 g/mol. The lowest BCUT2D eigenvalue weighted by Gasteiger charge is -2.21. The number of hydrogen-bond acceptors (Lipinski definition) is 15.